The number of carbonyl (C=O) groups is 1. The Hall–Kier alpha value is -3.65. The number of nitrogens with zero attached hydrogens (tertiary/aromatic N) is 3. The van der Waals surface area contributed by atoms with Crippen LogP contribution in [0.15, 0.2) is 71.9 Å². The van der Waals surface area contributed by atoms with Gasteiger partial charge in [-0.05, 0) is 55.7 Å². The van der Waals surface area contributed by atoms with Crippen molar-refractivity contribution >= 4 is 17.7 Å². The lowest BCUT2D eigenvalue weighted by Gasteiger charge is -2.12. The first-order valence-electron chi connectivity index (χ1n) is 12.2. The Morgan fingerprint density at radius 1 is 1.00 bits per heavy atom. The summed E-state index contributed by atoms with van der Waals surface area (Å²) in [5.41, 5.74) is 5.50. The fourth-order valence-electron chi connectivity index (χ4n) is 4.16. The molecule has 192 valence electrons. The number of hydrogen-bond donors (Lipinski definition) is 1. The summed E-state index contributed by atoms with van der Waals surface area (Å²) < 4.78 is 20.6. The van der Waals surface area contributed by atoms with E-state index in [1.807, 2.05) is 28.8 Å². The number of amides is 1. The molecule has 0 saturated heterocycles. The van der Waals surface area contributed by atoms with E-state index < -0.39 is 0 Å². The van der Waals surface area contributed by atoms with Crippen LogP contribution in [-0.2, 0) is 23.5 Å². The van der Waals surface area contributed by atoms with E-state index in [1.54, 1.807) is 31.0 Å². The Morgan fingerprint density at radius 2 is 1.76 bits per heavy atom. The van der Waals surface area contributed by atoms with Crippen LogP contribution >= 0.6 is 11.8 Å². The molecule has 0 bridgehead atoms. The number of aryl methyl sites for hydroxylation is 3. The van der Waals surface area contributed by atoms with Crippen LogP contribution < -0.4 is 10.1 Å². The van der Waals surface area contributed by atoms with Gasteiger partial charge in [0.1, 0.15) is 17.4 Å². The van der Waals surface area contributed by atoms with Gasteiger partial charge < -0.3 is 10.1 Å². The second kappa shape index (κ2) is 12.5. The summed E-state index contributed by atoms with van der Waals surface area (Å²) in [6.07, 6.45) is 1.58. The summed E-state index contributed by atoms with van der Waals surface area (Å²) in [4.78, 5) is 12.4. The zero-order valence-corrected chi connectivity index (χ0v) is 22.1. The van der Waals surface area contributed by atoms with Gasteiger partial charge in [0.25, 0.3) is 0 Å². The van der Waals surface area contributed by atoms with Crippen LogP contribution in [0, 0.1) is 19.7 Å². The van der Waals surface area contributed by atoms with E-state index >= 15 is 0 Å². The molecule has 6 nitrogen and oxygen atoms in total. The molecule has 37 heavy (non-hydrogen) atoms. The molecule has 4 rings (SSSR count). The number of nitrogens with one attached hydrogen (secondary N) is 1. The summed E-state index contributed by atoms with van der Waals surface area (Å²) in [5.74, 6) is 1.98. The van der Waals surface area contributed by atoms with E-state index in [0.29, 0.717) is 25.8 Å². The fourth-order valence-corrected chi connectivity index (χ4v) is 5.06. The van der Waals surface area contributed by atoms with Crippen LogP contribution in [-0.4, -0.2) is 27.8 Å². The third-order valence-corrected chi connectivity index (χ3v) is 6.87. The van der Waals surface area contributed by atoms with Crippen LogP contribution in [0.2, 0.25) is 0 Å². The van der Waals surface area contributed by atoms with E-state index in [4.69, 9.17) is 4.74 Å². The summed E-state index contributed by atoms with van der Waals surface area (Å²) in [7, 11) is 1.65. The first kappa shape index (κ1) is 26.4. The molecule has 1 aromatic heterocycles. The number of benzene rings is 3. The number of aromatic nitrogens is 3. The number of ether oxygens (including phenoxy) is 1. The molecule has 3 aromatic carbocycles. The van der Waals surface area contributed by atoms with Crippen LogP contribution in [0.1, 0.15) is 40.9 Å². The van der Waals surface area contributed by atoms with E-state index in [9.17, 15) is 9.18 Å². The molecule has 0 aliphatic rings. The van der Waals surface area contributed by atoms with Gasteiger partial charge in [-0.15, -0.1) is 10.2 Å². The van der Waals surface area contributed by atoms with Crippen molar-refractivity contribution in [3.63, 3.8) is 0 Å². The highest BCUT2D eigenvalue weighted by atomic mass is 32.2. The average molecular weight is 519 g/mol. The van der Waals surface area contributed by atoms with Gasteiger partial charge >= 0.3 is 0 Å². The van der Waals surface area contributed by atoms with Crippen molar-refractivity contribution in [2.45, 2.75) is 50.6 Å². The summed E-state index contributed by atoms with van der Waals surface area (Å²) in [6.45, 7) is 4.58. The molecule has 1 heterocycles. The maximum absolute atomic E-state index is 13.1. The first-order chi connectivity index (χ1) is 17.9. The van der Waals surface area contributed by atoms with Crippen molar-refractivity contribution in [2.24, 2.45) is 0 Å². The van der Waals surface area contributed by atoms with E-state index in [1.165, 1.54) is 28.8 Å². The lowest BCUT2D eigenvalue weighted by atomic mass is 10.1. The topological polar surface area (TPSA) is 69.0 Å². The summed E-state index contributed by atoms with van der Waals surface area (Å²) >= 11 is 1.64. The quantitative estimate of drug-likeness (QED) is 0.248. The number of rotatable bonds is 11. The van der Waals surface area contributed by atoms with Crippen LogP contribution in [0.4, 0.5) is 4.39 Å². The van der Waals surface area contributed by atoms with Crippen molar-refractivity contribution in [3.8, 4) is 11.4 Å². The second-order valence-electron chi connectivity index (χ2n) is 8.98. The second-order valence-corrected chi connectivity index (χ2v) is 9.92. The number of halogens is 1. The number of thioether (sulfide) groups is 1. The van der Waals surface area contributed by atoms with E-state index in [2.05, 4.69) is 47.6 Å². The minimum atomic E-state index is -0.290. The Kier molecular flexibility index (Phi) is 8.95. The third kappa shape index (κ3) is 7.43. The molecule has 0 saturated carbocycles. The maximum Gasteiger partial charge on any atom is 0.220 e. The van der Waals surface area contributed by atoms with Crippen molar-refractivity contribution < 1.29 is 13.9 Å². The third-order valence-electron chi connectivity index (χ3n) is 5.87. The summed E-state index contributed by atoms with van der Waals surface area (Å²) in [5, 5.41) is 12.7. The highest BCUT2D eigenvalue weighted by molar-refractivity contribution is 7.98. The lowest BCUT2D eigenvalue weighted by Crippen LogP contribution is -2.22. The fraction of sp³-hybridized carbons (Fsp3) is 0.276. The van der Waals surface area contributed by atoms with Gasteiger partial charge in [0.05, 0.1) is 12.8 Å². The Morgan fingerprint density at radius 3 is 2.49 bits per heavy atom. The molecule has 1 amide bonds. The standard InChI is InChI=1S/C29H31FN4O2S/c1-20-14-21(2)16-23(15-20)19-37-29-33-32-27(34(29)25-6-4-7-26(17-25)36-3)8-5-9-28(35)31-18-22-10-12-24(30)13-11-22/h4,6-7,10-17H,5,8-9,18-19H2,1-3H3,(H,31,35). The molecular formula is C29H31FN4O2S. The van der Waals surface area contributed by atoms with Crippen molar-refractivity contribution in [2.75, 3.05) is 7.11 Å². The van der Waals surface area contributed by atoms with Crippen LogP contribution in [0.25, 0.3) is 5.69 Å². The monoisotopic (exact) mass is 518 g/mol. The molecule has 4 aromatic rings. The normalized spacial score (nSPS) is 10.9. The first-order valence-corrected chi connectivity index (χ1v) is 13.2. The molecule has 0 atom stereocenters. The van der Waals surface area contributed by atoms with Gasteiger partial charge in [0.15, 0.2) is 5.16 Å². The van der Waals surface area contributed by atoms with Gasteiger partial charge in [-0.25, -0.2) is 4.39 Å². The van der Waals surface area contributed by atoms with Crippen molar-refractivity contribution in [3.05, 3.63) is 101 Å². The van der Waals surface area contributed by atoms with Gasteiger partial charge in [-0.1, -0.05) is 59.3 Å². The van der Waals surface area contributed by atoms with Gasteiger partial charge in [-0.3, -0.25) is 9.36 Å². The zero-order valence-electron chi connectivity index (χ0n) is 21.3. The Balaban J connectivity index is 1.44. The molecule has 0 unspecified atom stereocenters. The number of carbonyl (C=O) groups excluding carboxylic acids is 1. The highest BCUT2D eigenvalue weighted by Gasteiger charge is 2.16. The Labute approximate surface area is 221 Å². The maximum atomic E-state index is 13.1. The van der Waals surface area contributed by atoms with Crippen LogP contribution in [0.5, 0.6) is 5.75 Å². The minimum Gasteiger partial charge on any atom is -0.497 e. The highest BCUT2D eigenvalue weighted by Crippen LogP contribution is 2.28. The molecule has 8 heteroatoms. The van der Waals surface area contributed by atoms with Crippen LogP contribution in [0.3, 0.4) is 0 Å². The number of methoxy groups -OCH3 is 1. The minimum absolute atomic E-state index is 0.0545. The van der Waals surface area contributed by atoms with Gasteiger partial charge in [-0.2, -0.15) is 0 Å². The molecule has 0 radical (unpaired) electrons. The Bertz CT molecular complexity index is 1330. The molecule has 0 aliphatic heterocycles. The van der Waals surface area contributed by atoms with Crippen molar-refractivity contribution in [1.82, 2.24) is 20.1 Å². The van der Waals surface area contributed by atoms with Gasteiger partial charge in [0.2, 0.25) is 5.91 Å². The number of hydrogen-bond acceptors (Lipinski definition) is 5. The lowest BCUT2D eigenvalue weighted by molar-refractivity contribution is -0.121. The average Bonchev–Trinajstić information content (AvgIpc) is 3.29. The van der Waals surface area contributed by atoms with E-state index in [0.717, 1.165) is 33.7 Å². The molecule has 0 spiro atoms. The SMILES string of the molecule is COc1cccc(-n2c(CCCC(=O)NCc3ccc(F)cc3)nnc2SCc2cc(C)cc(C)c2)c1. The zero-order chi connectivity index (χ0) is 26.2. The molecular weight excluding hydrogens is 487 g/mol. The van der Waals surface area contributed by atoms with Gasteiger partial charge in [0, 0.05) is 31.2 Å². The smallest absolute Gasteiger partial charge is 0.220 e. The predicted molar refractivity (Wildman–Crippen MR) is 145 cm³/mol. The van der Waals surface area contributed by atoms with E-state index in [-0.39, 0.29) is 11.7 Å². The predicted octanol–water partition coefficient (Wildman–Crippen LogP) is 5.96. The molecule has 1 N–H and O–H groups in total. The summed E-state index contributed by atoms with van der Waals surface area (Å²) in [6, 6.07) is 20.5. The molecule has 0 fully saturated rings. The molecule has 0 aliphatic carbocycles. The van der Waals surface area contributed by atoms with Crippen molar-refractivity contribution in [1.29, 1.82) is 0 Å². The largest absolute Gasteiger partial charge is 0.497 e.